The van der Waals surface area contributed by atoms with E-state index in [-0.39, 0.29) is 11.2 Å². The van der Waals surface area contributed by atoms with Crippen LogP contribution in [0.5, 0.6) is 5.75 Å². The maximum absolute atomic E-state index is 13.4. The van der Waals surface area contributed by atoms with Crippen LogP contribution in [0.1, 0.15) is 32.7 Å². The Balaban J connectivity index is 1.82. The Labute approximate surface area is 169 Å². The minimum atomic E-state index is -0.680. The number of nitrogens with zero attached hydrogens (tertiary/aromatic N) is 3. The molecule has 2 aromatic carbocycles. The van der Waals surface area contributed by atoms with Crippen molar-refractivity contribution in [1.29, 1.82) is 0 Å². The van der Waals surface area contributed by atoms with E-state index in [1.165, 1.54) is 16.2 Å². The second-order valence-corrected chi connectivity index (χ2v) is 7.79. The first kappa shape index (κ1) is 17.6. The molecule has 2 aromatic heterocycles. The molecular formula is C21H15N3O4S. The van der Waals surface area contributed by atoms with Crippen LogP contribution in [0, 0.1) is 6.92 Å². The first-order chi connectivity index (χ1) is 14.1. The summed E-state index contributed by atoms with van der Waals surface area (Å²) in [5.41, 5.74) is 1.18. The predicted octanol–water partition coefficient (Wildman–Crippen LogP) is 3.71. The molecule has 0 radical (unpaired) electrons. The van der Waals surface area contributed by atoms with Crippen LogP contribution < -0.4 is 15.1 Å². The van der Waals surface area contributed by atoms with Gasteiger partial charge in [-0.1, -0.05) is 35.6 Å². The van der Waals surface area contributed by atoms with Gasteiger partial charge in [0.05, 0.1) is 24.1 Å². The molecule has 29 heavy (non-hydrogen) atoms. The molecular weight excluding hydrogens is 390 g/mol. The van der Waals surface area contributed by atoms with Crippen LogP contribution in [0.3, 0.4) is 0 Å². The summed E-state index contributed by atoms with van der Waals surface area (Å²) in [6, 6.07) is 13.5. The number of fused-ring (bicyclic) bond motifs is 2. The Bertz CT molecular complexity index is 1330. The average Bonchev–Trinajstić information content (AvgIpc) is 3.29. The maximum Gasteiger partial charge on any atom is 0.297 e. The second-order valence-electron chi connectivity index (χ2n) is 6.63. The van der Waals surface area contributed by atoms with E-state index in [0.29, 0.717) is 27.4 Å². The standard InChI is InChI=1S/C21H15N3O4S/c1-11-22-23-21(29-11)24-17(12-6-5-7-13(10-12)27-2)16-18(25)14-8-3-4-9-15(14)28-19(16)20(24)26/h3-10,17H,1-2H3/t17-/m0/s1. The van der Waals surface area contributed by atoms with Crippen LogP contribution in [0.25, 0.3) is 11.0 Å². The summed E-state index contributed by atoms with van der Waals surface area (Å²) in [7, 11) is 1.57. The monoisotopic (exact) mass is 405 g/mol. The number of carbonyl (C=O) groups is 1. The number of hydrogen-bond donors (Lipinski definition) is 0. The normalized spacial score (nSPS) is 15.7. The molecule has 0 aliphatic carbocycles. The van der Waals surface area contributed by atoms with Gasteiger partial charge in [0.25, 0.3) is 5.91 Å². The highest BCUT2D eigenvalue weighted by molar-refractivity contribution is 7.15. The molecule has 7 nitrogen and oxygen atoms in total. The van der Waals surface area contributed by atoms with Gasteiger partial charge in [-0.05, 0) is 36.8 Å². The molecule has 0 N–H and O–H groups in total. The van der Waals surface area contributed by atoms with Crippen LogP contribution in [0.4, 0.5) is 5.13 Å². The lowest BCUT2D eigenvalue weighted by Crippen LogP contribution is -2.29. The number of methoxy groups -OCH3 is 1. The van der Waals surface area contributed by atoms with Crippen molar-refractivity contribution in [3.05, 3.63) is 80.6 Å². The summed E-state index contributed by atoms with van der Waals surface area (Å²) >= 11 is 1.29. The molecule has 0 unspecified atom stereocenters. The van der Waals surface area contributed by atoms with E-state index >= 15 is 0 Å². The van der Waals surface area contributed by atoms with Crippen molar-refractivity contribution in [3.63, 3.8) is 0 Å². The topological polar surface area (TPSA) is 85.5 Å². The predicted molar refractivity (Wildman–Crippen MR) is 109 cm³/mol. The van der Waals surface area contributed by atoms with Crippen molar-refractivity contribution < 1.29 is 13.9 Å². The van der Waals surface area contributed by atoms with Crippen LogP contribution >= 0.6 is 11.3 Å². The summed E-state index contributed by atoms with van der Waals surface area (Å²) in [6.07, 6.45) is 0. The quantitative estimate of drug-likeness (QED) is 0.517. The van der Waals surface area contributed by atoms with Gasteiger partial charge < -0.3 is 9.15 Å². The SMILES string of the molecule is COc1cccc([C@H]2c3c(oc4ccccc4c3=O)C(=O)N2c2nnc(C)s2)c1. The Morgan fingerprint density at radius 1 is 1.10 bits per heavy atom. The van der Waals surface area contributed by atoms with E-state index in [4.69, 9.17) is 9.15 Å². The molecule has 0 saturated carbocycles. The molecule has 0 bridgehead atoms. The number of carbonyl (C=O) groups excluding carboxylic acids is 1. The number of amides is 1. The van der Waals surface area contributed by atoms with Crippen LogP contribution in [-0.4, -0.2) is 23.2 Å². The number of para-hydroxylation sites is 1. The van der Waals surface area contributed by atoms with E-state index in [2.05, 4.69) is 10.2 Å². The van der Waals surface area contributed by atoms with E-state index in [1.54, 1.807) is 31.4 Å². The highest BCUT2D eigenvalue weighted by Crippen LogP contribution is 2.42. The van der Waals surface area contributed by atoms with Gasteiger partial charge in [0.15, 0.2) is 5.43 Å². The minimum absolute atomic E-state index is 0.0365. The number of benzene rings is 2. The molecule has 1 aliphatic heterocycles. The molecule has 1 aliphatic rings. The molecule has 0 fully saturated rings. The molecule has 144 valence electrons. The Hall–Kier alpha value is -3.52. The van der Waals surface area contributed by atoms with Crippen molar-refractivity contribution in [1.82, 2.24) is 10.2 Å². The fraction of sp³-hybridized carbons (Fsp3) is 0.143. The van der Waals surface area contributed by atoms with E-state index in [1.807, 2.05) is 31.2 Å². The van der Waals surface area contributed by atoms with Crippen LogP contribution in [0.15, 0.2) is 57.7 Å². The lowest BCUT2D eigenvalue weighted by atomic mass is 9.98. The van der Waals surface area contributed by atoms with Gasteiger partial charge in [-0.3, -0.25) is 14.5 Å². The number of aromatic nitrogens is 2. The maximum atomic E-state index is 13.4. The molecule has 3 heterocycles. The highest BCUT2D eigenvalue weighted by atomic mass is 32.1. The van der Waals surface area contributed by atoms with Crippen LogP contribution in [-0.2, 0) is 0 Å². The Kier molecular flexibility index (Phi) is 3.95. The first-order valence-electron chi connectivity index (χ1n) is 8.92. The van der Waals surface area contributed by atoms with Crippen molar-refractivity contribution in [2.45, 2.75) is 13.0 Å². The number of ether oxygens (including phenoxy) is 1. The Morgan fingerprint density at radius 3 is 2.69 bits per heavy atom. The van der Waals surface area contributed by atoms with E-state index in [0.717, 1.165) is 10.6 Å². The van der Waals surface area contributed by atoms with Gasteiger partial charge in [-0.25, -0.2) is 0 Å². The summed E-state index contributed by atoms with van der Waals surface area (Å²) in [5, 5.41) is 9.75. The second kappa shape index (κ2) is 6.52. The van der Waals surface area contributed by atoms with Crippen molar-refractivity contribution in [2.24, 2.45) is 0 Å². The fourth-order valence-electron chi connectivity index (χ4n) is 3.63. The highest BCUT2D eigenvalue weighted by Gasteiger charge is 2.45. The van der Waals surface area contributed by atoms with Gasteiger partial charge in [0.2, 0.25) is 10.9 Å². The first-order valence-corrected chi connectivity index (χ1v) is 9.73. The van der Waals surface area contributed by atoms with Gasteiger partial charge in [-0.15, -0.1) is 10.2 Å². The number of aryl methyl sites for hydroxylation is 1. The van der Waals surface area contributed by atoms with Gasteiger partial charge in [0.1, 0.15) is 16.3 Å². The summed E-state index contributed by atoms with van der Waals surface area (Å²) in [5.74, 6) is 0.253. The molecule has 0 spiro atoms. The molecule has 5 rings (SSSR count). The number of hydrogen-bond acceptors (Lipinski definition) is 7. The fourth-order valence-corrected chi connectivity index (χ4v) is 4.34. The zero-order valence-electron chi connectivity index (χ0n) is 15.6. The lowest BCUT2D eigenvalue weighted by molar-refractivity contribution is 0.0970. The van der Waals surface area contributed by atoms with Crippen molar-refractivity contribution in [2.75, 3.05) is 12.0 Å². The zero-order chi connectivity index (χ0) is 20.1. The van der Waals surface area contributed by atoms with E-state index in [9.17, 15) is 9.59 Å². The van der Waals surface area contributed by atoms with Gasteiger partial charge in [-0.2, -0.15) is 0 Å². The Morgan fingerprint density at radius 2 is 1.93 bits per heavy atom. The largest absolute Gasteiger partial charge is 0.497 e. The van der Waals surface area contributed by atoms with Crippen molar-refractivity contribution >= 4 is 33.3 Å². The van der Waals surface area contributed by atoms with Crippen LogP contribution in [0.2, 0.25) is 0 Å². The van der Waals surface area contributed by atoms with Gasteiger partial charge in [0, 0.05) is 0 Å². The zero-order valence-corrected chi connectivity index (χ0v) is 16.4. The number of rotatable bonds is 3. The molecule has 1 atom stereocenters. The van der Waals surface area contributed by atoms with E-state index < -0.39 is 11.9 Å². The smallest absolute Gasteiger partial charge is 0.297 e. The summed E-state index contributed by atoms with van der Waals surface area (Å²) in [4.78, 5) is 28.2. The van der Waals surface area contributed by atoms with Gasteiger partial charge >= 0.3 is 0 Å². The molecule has 0 saturated heterocycles. The number of anilines is 1. The summed E-state index contributed by atoms with van der Waals surface area (Å²) < 4.78 is 11.2. The third-order valence-electron chi connectivity index (χ3n) is 4.91. The minimum Gasteiger partial charge on any atom is -0.497 e. The lowest BCUT2D eigenvalue weighted by Gasteiger charge is -2.22. The third kappa shape index (κ3) is 2.64. The molecule has 1 amide bonds. The summed E-state index contributed by atoms with van der Waals surface area (Å²) in [6.45, 7) is 1.81. The third-order valence-corrected chi connectivity index (χ3v) is 5.75. The molecule has 8 heteroatoms. The van der Waals surface area contributed by atoms with Crippen molar-refractivity contribution in [3.8, 4) is 5.75 Å². The molecule has 4 aromatic rings. The average molecular weight is 405 g/mol.